The molecular formula is C80H135N25O10. The fraction of sp³-hybridized carbons (Fsp3) is 0.688. The predicted molar refractivity (Wildman–Crippen MR) is 452 cm³/mol. The third-order valence-electron chi connectivity index (χ3n) is 13.7. The van der Waals surface area contributed by atoms with Crippen LogP contribution in [0.25, 0.3) is 0 Å². The maximum atomic E-state index is 11.9. The molecule has 5 amide bonds. The van der Waals surface area contributed by atoms with E-state index in [-0.39, 0.29) is 35.3 Å². The average molecular weight is 1660 g/mol. The molecule has 5 aromatic heterocycles. The van der Waals surface area contributed by atoms with Crippen molar-refractivity contribution in [3.63, 3.8) is 0 Å². The number of carbonyl (C=O) groups excluding carboxylic acids is 5. The maximum Gasteiger partial charge on any atom is 0.254 e. The molecule has 0 aliphatic heterocycles. The first-order valence-electron chi connectivity index (χ1n) is 60.0. The van der Waals surface area contributed by atoms with E-state index >= 15 is 0 Å². The van der Waals surface area contributed by atoms with Crippen molar-refractivity contribution in [3.8, 4) is 0 Å². The van der Waals surface area contributed by atoms with Crippen LogP contribution in [0.5, 0.6) is 0 Å². The number of hydrogen-bond donors (Lipinski definition) is 20. The van der Waals surface area contributed by atoms with Gasteiger partial charge in [-0.05, 0) is 229 Å². The number of amides is 5. The van der Waals surface area contributed by atoms with Crippen molar-refractivity contribution in [2.75, 3.05) is 53.2 Å². The van der Waals surface area contributed by atoms with Crippen molar-refractivity contribution in [1.82, 2.24) is 49.8 Å². The van der Waals surface area contributed by atoms with E-state index in [9.17, 15) is 49.5 Å². The first-order chi connectivity index (χ1) is 72.8. The standard InChI is InChI=1S/5C16H27N5O2/c5*1-9-5-6-10(7-12(9)22)19-14-11(13(17)23)8-18-15(20-14)21-16(2,3)4/h5*8-10,12,22H,5-7H2,1-4H3,(H2,17,23)(H2,18,19,20,21)/i1D3,5D2,6D2,7D,9D,10D,12D;1D3,5D2,6D2,9D,10D,12D;1D3,5D2,6D2,7D2,9D,10D;1D3,5D2,6D2,10D,12D;1D3,5D2,6D2,7D2,10D. The summed E-state index contributed by atoms with van der Waals surface area (Å²) in [6.45, 7) is 8.83. The lowest BCUT2D eigenvalue weighted by Gasteiger charge is -2.32. The van der Waals surface area contributed by atoms with Gasteiger partial charge in [0, 0.05) is 148 Å². The summed E-state index contributed by atoms with van der Waals surface area (Å²) in [4.78, 5) is 99.0. The molecule has 5 aliphatic rings. The molecule has 35 heteroatoms. The van der Waals surface area contributed by atoms with Crippen molar-refractivity contribution >= 4 is 88.4 Å². The third-order valence-corrected chi connectivity index (χ3v) is 13.7. The number of carbonyl (C=O) groups is 5. The second-order valence-electron chi connectivity index (χ2n) is 30.0. The topological polar surface area (TPSA) is 566 Å². The van der Waals surface area contributed by atoms with Crippen molar-refractivity contribution in [2.45, 2.75) is 322 Å². The van der Waals surface area contributed by atoms with Gasteiger partial charge in [0.2, 0.25) is 29.7 Å². The predicted octanol–water partition coefficient (Wildman–Crippen LogP) is 8.74. The molecule has 16 atom stereocenters. The van der Waals surface area contributed by atoms with Crippen molar-refractivity contribution < 1.29 is 119 Å². The highest BCUT2D eigenvalue weighted by molar-refractivity contribution is 6.00. The number of primary amides is 5. The van der Waals surface area contributed by atoms with Gasteiger partial charge in [-0.2, -0.15) is 24.9 Å². The minimum atomic E-state index is -3.89. The largest absolute Gasteiger partial charge is 0.393 e. The molecule has 5 aliphatic carbocycles. The zero-order valence-electron chi connectivity index (χ0n) is 116. The van der Waals surface area contributed by atoms with Gasteiger partial charge in [-0.15, -0.1) is 0 Å². The summed E-state index contributed by atoms with van der Waals surface area (Å²) in [6, 6.07) is -16.0. The van der Waals surface area contributed by atoms with Gasteiger partial charge in [-0.25, -0.2) is 24.9 Å². The molecular weight excluding hydrogens is 1470 g/mol. The Morgan fingerprint density at radius 2 is 0.609 bits per heavy atom. The van der Waals surface area contributed by atoms with E-state index in [0.29, 0.717) is 0 Å². The number of aliphatic hydroxyl groups is 5. The van der Waals surface area contributed by atoms with Crippen LogP contribution in [0.15, 0.2) is 31.0 Å². The monoisotopic (exact) mass is 1660 g/mol. The quantitative estimate of drug-likeness (QED) is 0.0346. The summed E-state index contributed by atoms with van der Waals surface area (Å²) in [5.41, 5.74) is 21.5. The number of nitrogens with one attached hydrogen (secondary N) is 10. The second kappa shape index (κ2) is 40.9. The van der Waals surface area contributed by atoms with Gasteiger partial charge >= 0.3 is 0 Å². The summed E-state index contributed by atoms with van der Waals surface area (Å²) in [7, 11) is 0. The summed E-state index contributed by atoms with van der Waals surface area (Å²) in [6.07, 6.45) is -59.4. The molecule has 640 valence electrons. The van der Waals surface area contributed by atoms with Crippen molar-refractivity contribution in [2.24, 2.45) is 58.2 Å². The van der Waals surface area contributed by atoms with Crippen molar-refractivity contribution in [3.05, 3.63) is 58.8 Å². The number of rotatable bonds is 20. The molecule has 35 nitrogen and oxygen atoms in total. The maximum absolute atomic E-state index is 11.9. The smallest absolute Gasteiger partial charge is 0.254 e. The molecule has 5 aromatic rings. The molecule has 5 fully saturated rings. The second-order valence-corrected chi connectivity index (χ2v) is 30.0. The Hall–Kier alpha value is -9.45. The van der Waals surface area contributed by atoms with Crippen LogP contribution < -0.4 is 81.8 Å². The van der Waals surface area contributed by atoms with E-state index in [1.807, 2.05) is 5.32 Å². The van der Waals surface area contributed by atoms with Crippen molar-refractivity contribution in [1.29, 1.82) is 0 Å². The van der Waals surface area contributed by atoms with Gasteiger partial charge < -0.3 is 107 Å². The first-order valence-corrected chi connectivity index (χ1v) is 34.4. The van der Waals surface area contributed by atoms with E-state index in [4.69, 9.17) is 98.6 Å². The van der Waals surface area contributed by atoms with Crippen LogP contribution in [0.1, 0.15) is 356 Å². The number of nitrogens with zero attached hydrogens (tertiary/aromatic N) is 10. The van der Waals surface area contributed by atoms with Gasteiger partial charge in [0.05, 0.1) is 69.2 Å². The molecule has 0 saturated heterocycles. The fourth-order valence-corrected chi connectivity index (χ4v) is 8.73. The average Bonchev–Trinajstić information content (AvgIpc) is 0.650. The number of nitrogens with two attached hydrogens (primary N) is 5. The Morgan fingerprint density at radius 1 is 0.348 bits per heavy atom. The van der Waals surface area contributed by atoms with Gasteiger partial charge in [0.25, 0.3) is 29.5 Å². The molecule has 0 spiro atoms. The summed E-state index contributed by atoms with van der Waals surface area (Å²) in [5, 5.41) is 78.2. The van der Waals surface area contributed by atoms with E-state index in [1.54, 1.807) is 104 Å². The number of aromatic nitrogens is 10. The Balaban J connectivity index is 0.000000315. The lowest BCUT2D eigenvalue weighted by molar-refractivity contribution is 0.0737. The SMILES string of the molecule is [2H]C([2H])([2H])C1([2H])C(O)C([2H])([2H])C([2H])(Nc2nc(NC(C)(C)C)ncc2C(N)=O)C([2H])([2H])C1([2H])[2H].[2H]C([2H])([2H])C1([2H])C([2H])(O)CC([2H])(Nc2nc(NC(C)(C)C)ncc2C(N)=O)C([2H])([2H])C1([2H])[2H].[2H]C([2H])([2H])C1C(O)C([2H])([2H])C([2H])(Nc2nc(NC(C)(C)C)ncc2C(N)=O)C([2H])([2H])C1([2H])[2H].[2H]C([2H])([2H])C1C([2H])(O)CC([2H])(Nc2nc(NC(C)(C)C)ncc2C(N)=O)C([2H])([2H])C1([2H])[2H].[2H]C1C([2H])(O)C([2H])(C([2H])([2H])[2H])C([2H])([2H])C([2H])([2H])C1([2H])Nc1nc(NC(C)(C)C)ncc1C(N)=O. The Labute approximate surface area is 749 Å². The van der Waals surface area contributed by atoms with Gasteiger partial charge in [-0.3, -0.25) is 24.0 Å². The molecule has 25 N–H and O–H groups in total. The van der Waals surface area contributed by atoms with E-state index in [0.717, 1.165) is 31.0 Å². The summed E-state index contributed by atoms with van der Waals surface area (Å²) < 4.78 is 412. The highest BCUT2D eigenvalue weighted by Gasteiger charge is 2.34. The van der Waals surface area contributed by atoms with E-state index in [1.165, 1.54) is 0 Å². The molecule has 0 bridgehead atoms. The zero-order chi connectivity index (χ0) is 131. The van der Waals surface area contributed by atoms with Crippen LogP contribution in [-0.2, 0) is 0 Å². The van der Waals surface area contributed by atoms with Gasteiger partial charge in [0.15, 0.2) is 0 Å². The van der Waals surface area contributed by atoms with E-state index < -0.39 is 329 Å². The van der Waals surface area contributed by atoms with Gasteiger partial charge in [-0.1, -0.05) is 34.3 Å². The van der Waals surface area contributed by atoms with Crippen LogP contribution in [0.4, 0.5) is 58.8 Å². The fourth-order valence-electron chi connectivity index (χ4n) is 8.73. The minimum absolute atomic E-state index is 0.0190. The Bertz CT molecular complexity index is 6500. The van der Waals surface area contributed by atoms with Crippen LogP contribution in [0.3, 0.4) is 0 Å². The molecule has 0 aromatic carbocycles. The molecule has 16 unspecified atom stereocenters. The first kappa shape index (κ1) is 44.2. The lowest BCUT2D eigenvalue weighted by atomic mass is 9.85. The van der Waals surface area contributed by atoms with Crippen LogP contribution >= 0.6 is 0 Å². The summed E-state index contributed by atoms with van der Waals surface area (Å²) >= 11 is 0. The highest BCUT2D eigenvalue weighted by Crippen LogP contribution is 2.34. The normalized spacial score (nSPS) is 45.0. The number of aliphatic hydroxyl groups excluding tert-OH is 2. The van der Waals surface area contributed by atoms with Gasteiger partial charge in [0.1, 0.15) is 29.1 Å². The molecule has 0 radical (unpaired) electrons. The molecule has 115 heavy (non-hydrogen) atoms. The number of anilines is 10. The lowest BCUT2D eigenvalue weighted by Crippen LogP contribution is -2.36. The zero-order valence-corrected chi connectivity index (χ0v) is 65.3. The van der Waals surface area contributed by atoms with E-state index in [2.05, 4.69) is 97.7 Å². The molecule has 5 heterocycles. The molecule has 10 rings (SSSR count). The Kier molecular flexibility index (Phi) is 15.7. The summed E-state index contributed by atoms with van der Waals surface area (Å²) in [5.74, 6) is -24.9. The molecule has 5 saturated carbocycles. The minimum Gasteiger partial charge on any atom is -0.393 e. The Morgan fingerprint density at radius 3 is 0.930 bits per heavy atom. The highest BCUT2D eigenvalue weighted by atomic mass is 16.3. The van der Waals surface area contributed by atoms with Crippen LogP contribution in [0, 0.1) is 29.5 Å². The van der Waals surface area contributed by atoms with Crippen LogP contribution in [0.2, 0.25) is 0 Å². The number of hydrogen-bond acceptors (Lipinski definition) is 30. The third kappa shape index (κ3) is 31.9. The van der Waals surface area contributed by atoms with Crippen LogP contribution in [-0.4, -0.2) is 193 Å².